The van der Waals surface area contributed by atoms with E-state index in [1.165, 1.54) is 0 Å². The molecule has 6 nitrogen and oxygen atoms in total. The van der Waals surface area contributed by atoms with Gasteiger partial charge < -0.3 is 5.32 Å². The van der Waals surface area contributed by atoms with E-state index in [1.807, 2.05) is 20.9 Å². The first kappa shape index (κ1) is 12.6. The average molecular weight is 226 g/mol. The highest BCUT2D eigenvalue weighted by Crippen LogP contribution is 2.30. The highest BCUT2D eigenvalue weighted by atomic mass is 16.6. The third kappa shape index (κ3) is 2.06. The number of hydrogen-bond acceptors (Lipinski definition) is 4. The lowest BCUT2D eigenvalue weighted by Crippen LogP contribution is -2.28. The van der Waals surface area contributed by atoms with Crippen LogP contribution in [0.4, 0.5) is 5.69 Å². The van der Waals surface area contributed by atoms with Crippen molar-refractivity contribution < 1.29 is 4.92 Å². The van der Waals surface area contributed by atoms with Gasteiger partial charge >= 0.3 is 5.69 Å². The van der Waals surface area contributed by atoms with Crippen molar-refractivity contribution in [2.75, 3.05) is 7.05 Å². The van der Waals surface area contributed by atoms with Gasteiger partial charge in [-0.1, -0.05) is 6.92 Å². The molecular formula is C10H18N4O2. The Labute approximate surface area is 94.8 Å². The summed E-state index contributed by atoms with van der Waals surface area (Å²) in [4.78, 5) is 10.7. The van der Waals surface area contributed by atoms with Gasteiger partial charge in [-0.25, -0.2) is 0 Å². The monoisotopic (exact) mass is 226 g/mol. The second kappa shape index (κ2) is 4.61. The Balaban J connectivity index is 3.26. The largest absolute Gasteiger partial charge is 0.317 e. The molecule has 0 bridgehead atoms. The molecule has 0 amide bonds. The third-order valence-corrected chi connectivity index (χ3v) is 3.05. The molecule has 0 aliphatic carbocycles. The van der Waals surface area contributed by atoms with Crippen molar-refractivity contribution in [3.8, 4) is 0 Å². The van der Waals surface area contributed by atoms with Crippen LogP contribution in [0.1, 0.15) is 31.2 Å². The Kier molecular flexibility index (Phi) is 3.64. The fourth-order valence-electron chi connectivity index (χ4n) is 1.89. The number of nitro groups is 1. The van der Waals surface area contributed by atoms with E-state index in [-0.39, 0.29) is 22.6 Å². The first-order valence-electron chi connectivity index (χ1n) is 5.25. The first-order valence-corrected chi connectivity index (χ1v) is 5.25. The maximum Gasteiger partial charge on any atom is 0.313 e. The van der Waals surface area contributed by atoms with E-state index in [1.54, 1.807) is 18.7 Å². The van der Waals surface area contributed by atoms with Crippen LogP contribution < -0.4 is 5.32 Å². The van der Waals surface area contributed by atoms with Crippen molar-refractivity contribution in [2.24, 2.45) is 7.05 Å². The SMILES string of the molecule is CNC(C)C(C)c1c([N+](=O)[O-])c(C)nn1C. The molecule has 0 radical (unpaired) electrons. The molecule has 0 aromatic carbocycles. The minimum absolute atomic E-state index is 0.0385. The average Bonchev–Trinajstić information content (AvgIpc) is 2.51. The van der Waals surface area contributed by atoms with Crippen LogP contribution in [0.15, 0.2) is 0 Å². The number of aromatic nitrogens is 2. The summed E-state index contributed by atoms with van der Waals surface area (Å²) in [5, 5.41) is 18.2. The van der Waals surface area contributed by atoms with Crippen LogP contribution in [-0.2, 0) is 7.05 Å². The number of rotatable bonds is 4. The normalized spacial score (nSPS) is 14.8. The van der Waals surface area contributed by atoms with Crippen LogP contribution in [0.2, 0.25) is 0 Å². The van der Waals surface area contributed by atoms with Gasteiger partial charge in [-0.2, -0.15) is 5.10 Å². The van der Waals surface area contributed by atoms with E-state index >= 15 is 0 Å². The molecule has 0 aliphatic heterocycles. The van der Waals surface area contributed by atoms with Crippen molar-refractivity contribution in [3.05, 3.63) is 21.5 Å². The standard InChI is InChI=1S/C10H18N4O2/c1-6(7(2)11-4)9-10(14(15)16)8(3)12-13(9)5/h6-7,11H,1-5H3. The maximum absolute atomic E-state index is 11.0. The van der Waals surface area contributed by atoms with E-state index in [2.05, 4.69) is 10.4 Å². The molecule has 1 aromatic rings. The molecule has 6 heteroatoms. The Bertz CT molecular complexity index is 400. The highest BCUT2D eigenvalue weighted by molar-refractivity contribution is 5.42. The van der Waals surface area contributed by atoms with E-state index in [4.69, 9.17) is 0 Å². The Morgan fingerprint density at radius 3 is 2.50 bits per heavy atom. The van der Waals surface area contributed by atoms with Crippen molar-refractivity contribution in [3.63, 3.8) is 0 Å². The number of nitrogens with one attached hydrogen (secondary N) is 1. The fraction of sp³-hybridized carbons (Fsp3) is 0.700. The van der Waals surface area contributed by atoms with Gasteiger partial charge in [0.05, 0.1) is 4.92 Å². The molecule has 1 N–H and O–H groups in total. The van der Waals surface area contributed by atoms with Crippen LogP contribution in [0.25, 0.3) is 0 Å². The zero-order valence-corrected chi connectivity index (χ0v) is 10.3. The van der Waals surface area contributed by atoms with Crippen LogP contribution in [0, 0.1) is 17.0 Å². The Morgan fingerprint density at radius 1 is 1.50 bits per heavy atom. The van der Waals surface area contributed by atoms with Gasteiger partial charge in [-0.05, 0) is 20.9 Å². The summed E-state index contributed by atoms with van der Waals surface area (Å²) in [7, 11) is 3.59. The summed E-state index contributed by atoms with van der Waals surface area (Å²) in [5.74, 6) is 0.0385. The predicted molar refractivity (Wildman–Crippen MR) is 61.5 cm³/mol. The molecule has 0 saturated heterocycles. The molecule has 1 heterocycles. The molecule has 1 aromatic heterocycles. The van der Waals surface area contributed by atoms with E-state index < -0.39 is 0 Å². The Hall–Kier alpha value is -1.43. The van der Waals surface area contributed by atoms with Crippen LogP contribution in [0.5, 0.6) is 0 Å². The summed E-state index contributed by atoms with van der Waals surface area (Å²) >= 11 is 0. The molecule has 1 rings (SSSR count). The second-order valence-electron chi connectivity index (χ2n) is 4.07. The molecule has 2 unspecified atom stereocenters. The van der Waals surface area contributed by atoms with Crippen molar-refractivity contribution in [1.29, 1.82) is 0 Å². The number of hydrogen-bond donors (Lipinski definition) is 1. The van der Waals surface area contributed by atoms with E-state index in [9.17, 15) is 10.1 Å². The predicted octanol–water partition coefficient (Wildman–Crippen LogP) is 1.35. The minimum Gasteiger partial charge on any atom is -0.317 e. The number of aryl methyl sites for hydroxylation is 2. The van der Waals surface area contributed by atoms with Gasteiger partial charge in [0.15, 0.2) is 0 Å². The van der Waals surface area contributed by atoms with Gasteiger partial charge in [0, 0.05) is 19.0 Å². The van der Waals surface area contributed by atoms with Gasteiger partial charge in [0.25, 0.3) is 0 Å². The number of likely N-dealkylation sites (N-methyl/N-ethyl adjacent to an activating group) is 1. The van der Waals surface area contributed by atoms with Gasteiger partial charge in [0.1, 0.15) is 11.4 Å². The Morgan fingerprint density at radius 2 is 2.06 bits per heavy atom. The van der Waals surface area contributed by atoms with E-state index in [0.29, 0.717) is 11.4 Å². The fourth-order valence-corrected chi connectivity index (χ4v) is 1.89. The minimum atomic E-state index is -0.351. The molecular weight excluding hydrogens is 208 g/mol. The second-order valence-corrected chi connectivity index (χ2v) is 4.07. The highest BCUT2D eigenvalue weighted by Gasteiger charge is 2.29. The van der Waals surface area contributed by atoms with Gasteiger partial charge in [0.2, 0.25) is 0 Å². The smallest absolute Gasteiger partial charge is 0.313 e. The lowest BCUT2D eigenvalue weighted by molar-refractivity contribution is -0.386. The molecule has 0 aliphatic rings. The summed E-state index contributed by atoms with van der Waals surface area (Å²) in [6.07, 6.45) is 0. The van der Waals surface area contributed by atoms with Crippen LogP contribution in [0.3, 0.4) is 0 Å². The molecule has 90 valence electrons. The first-order chi connectivity index (χ1) is 7.40. The van der Waals surface area contributed by atoms with Gasteiger partial charge in [-0.15, -0.1) is 0 Å². The van der Waals surface area contributed by atoms with Crippen molar-refractivity contribution in [2.45, 2.75) is 32.7 Å². The molecule has 0 spiro atoms. The zero-order chi connectivity index (χ0) is 12.5. The zero-order valence-electron chi connectivity index (χ0n) is 10.3. The van der Waals surface area contributed by atoms with Crippen molar-refractivity contribution in [1.82, 2.24) is 15.1 Å². The summed E-state index contributed by atoms with van der Waals surface area (Å²) in [5.41, 5.74) is 1.28. The third-order valence-electron chi connectivity index (χ3n) is 3.05. The summed E-state index contributed by atoms with van der Waals surface area (Å²) < 4.78 is 1.60. The van der Waals surface area contributed by atoms with E-state index in [0.717, 1.165) is 0 Å². The lowest BCUT2D eigenvalue weighted by Gasteiger charge is -2.18. The summed E-state index contributed by atoms with van der Waals surface area (Å²) in [6, 6.07) is 0.161. The van der Waals surface area contributed by atoms with Crippen LogP contribution in [-0.4, -0.2) is 27.8 Å². The molecule has 0 fully saturated rings. The van der Waals surface area contributed by atoms with Crippen LogP contribution >= 0.6 is 0 Å². The van der Waals surface area contributed by atoms with Gasteiger partial charge in [-0.3, -0.25) is 14.8 Å². The summed E-state index contributed by atoms with van der Waals surface area (Å²) in [6.45, 7) is 5.62. The molecule has 2 atom stereocenters. The number of nitrogens with zero attached hydrogens (tertiary/aromatic N) is 3. The van der Waals surface area contributed by atoms with Crippen molar-refractivity contribution >= 4 is 5.69 Å². The lowest BCUT2D eigenvalue weighted by atomic mass is 9.98. The topological polar surface area (TPSA) is 73.0 Å². The molecule has 0 saturated carbocycles. The maximum atomic E-state index is 11.0. The molecule has 16 heavy (non-hydrogen) atoms. The quantitative estimate of drug-likeness (QED) is 0.621.